The molecule has 0 bridgehead atoms. The molecule has 2 atom stereocenters. The molecule has 39 heavy (non-hydrogen) atoms. The quantitative estimate of drug-likeness (QED) is 0.441. The number of nitrogens with zero attached hydrogens (tertiary/aromatic N) is 5. The van der Waals surface area contributed by atoms with Crippen LogP contribution in [0.3, 0.4) is 0 Å². The Morgan fingerprint density at radius 3 is 2.69 bits per heavy atom. The lowest BCUT2D eigenvalue weighted by atomic mass is 10.1. The van der Waals surface area contributed by atoms with Gasteiger partial charge < -0.3 is 9.47 Å². The van der Waals surface area contributed by atoms with Crippen LogP contribution in [0.15, 0.2) is 42.6 Å². The molecule has 5 rings (SSSR count). The van der Waals surface area contributed by atoms with Crippen molar-refractivity contribution in [3.63, 3.8) is 0 Å². The van der Waals surface area contributed by atoms with E-state index in [1.54, 1.807) is 30.5 Å². The van der Waals surface area contributed by atoms with Crippen molar-refractivity contribution in [2.24, 2.45) is 5.92 Å². The number of anilines is 1. The summed E-state index contributed by atoms with van der Waals surface area (Å²) in [5, 5.41) is 3.11. The van der Waals surface area contributed by atoms with Gasteiger partial charge in [0.15, 0.2) is 0 Å². The molecule has 2 aliphatic rings. The number of aryl methyl sites for hydroxylation is 2. The van der Waals surface area contributed by atoms with Crippen molar-refractivity contribution < 1.29 is 9.59 Å². The maximum atomic E-state index is 13.3. The van der Waals surface area contributed by atoms with E-state index in [0.717, 1.165) is 73.7 Å². The van der Waals surface area contributed by atoms with Crippen LogP contribution >= 0.6 is 0 Å². The number of hydrogen-bond acceptors (Lipinski definition) is 5. The number of carbonyl (C=O) groups is 2. The Balaban J connectivity index is 1.55. The number of allylic oxidation sites excluding steroid dienone is 1. The highest BCUT2D eigenvalue weighted by Gasteiger charge is 2.28. The summed E-state index contributed by atoms with van der Waals surface area (Å²) < 4.78 is 2.18. The summed E-state index contributed by atoms with van der Waals surface area (Å²) in [4.78, 5) is 39.9. The van der Waals surface area contributed by atoms with Gasteiger partial charge >= 0.3 is 0 Å². The van der Waals surface area contributed by atoms with Crippen LogP contribution in [0.4, 0.5) is 5.95 Å². The van der Waals surface area contributed by atoms with Gasteiger partial charge in [0.25, 0.3) is 5.91 Å². The predicted octanol–water partition coefficient (Wildman–Crippen LogP) is 5.27. The molecule has 2 amide bonds. The molecule has 3 aromatic rings. The van der Waals surface area contributed by atoms with Crippen LogP contribution in [0.5, 0.6) is 0 Å². The molecular weight excluding hydrogens is 488 g/mol. The second kappa shape index (κ2) is 11.7. The van der Waals surface area contributed by atoms with E-state index in [-0.39, 0.29) is 17.9 Å². The van der Waals surface area contributed by atoms with E-state index >= 15 is 0 Å². The van der Waals surface area contributed by atoms with Crippen LogP contribution in [0.2, 0.25) is 0 Å². The number of carbonyl (C=O) groups excluding carboxylic acids is 2. The second-order valence-corrected chi connectivity index (χ2v) is 11.3. The number of hydrogen-bond donors (Lipinski definition) is 1. The minimum atomic E-state index is -0.212. The molecule has 4 heterocycles. The Morgan fingerprint density at radius 2 is 1.95 bits per heavy atom. The SMILES string of the molecule is C/C=C/C(=O)N1CCCC[C@@H](n2c(NC(=O)c3ccnc(C)c3)nc3cc(CN4CC[C@@H](C)C4)cc(C)c32)C1. The molecule has 0 spiro atoms. The molecule has 2 aliphatic heterocycles. The molecule has 0 saturated carbocycles. The fraction of sp³-hybridized carbons (Fsp3) is 0.484. The molecule has 2 fully saturated rings. The van der Waals surface area contributed by atoms with Gasteiger partial charge in [-0.3, -0.25) is 24.8 Å². The largest absolute Gasteiger partial charge is 0.337 e. The van der Waals surface area contributed by atoms with Gasteiger partial charge in [-0.2, -0.15) is 0 Å². The number of aromatic nitrogens is 3. The first-order chi connectivity index (χ1) is 18.8. The summed E-state index contributed by atoms with van der Waals surface area (Å²) in [5.41, 5.74) is 5.63. The van der Waals surface area contributed by atoms with E-state index in [4.69, 9.17) is 4.98 Å². The first-order valence-corrected chi connectivity index (χ1v) is 14.2. The van der Waals surface area contributed by atoms with E-state index in [2.05, 4.69) is 45.7 Å². The number of likely N-dealkylation sites (tertiary alicyclic amines) is 2. The summed E-state index contributed by atoms with van der Waals surface area (Å²) in [6.07, 6.45) is 9.20. The Hall–Kier alpha value is -3.52. The number of amides is 2. The number of benzene rings is 1. The number of fused-ring (bicyclic) bond motifs is 1. The smallest absolute Gasteiger partial charge is 0.258 e. The van der Waals surface area contributed by atoms with E-state index in [1.165, 1.54) is 12.0 Å². The van der Waals surface area contributed by atoms with Gasteiger partial charge in [-0.1, -0.05) is 19.1 Å². The minimum absolute atomic E-state index is 0.00478. The zero-order valence-electron chi connectivity index (χ0n) is 23.6. The van der Waals surface area contributed by atoms with Gasteiger partial charge in [0.05, 0.1) is 17.1 Å². The molecular formula is C31H40N6O2. The highest BCUT2D eigenvalue weighted by Crippen LogP contribution is 2.33. The van der Waals surface area contributed by atoms with Crippen LogP contribution in [0.1, 0.15) is 72.8 Å². The van der Waals surface area contributed by atoms with Crippen LogP contribution in [0, 0.1) is 19.8 Å². The molecule has 1 N–H and O–H groups in total. The normalized spacial score (nSPS) is 20.6. The van der Waals surface area contributed by atoms with Gasteiger partial charge in [0.1, 0.15) is 0 Å². The molecule has 0 aliphatic carbocycles. The van der Waals surface area contributed by atoms with Crippen molar-refractivity contribution >= 4 is 28.8 Å². The molecule has 206 valence electrons. The molecule has 0 unspecified atom stereocenters. The predicted molar refractivity (Wildman–Crippen MR) is 155 cm³/mol. The average Bonchev–Trinajstić information content (AvgIpc) is 3.37. The summed E-state index contributed by atoms with van der Waals surface area (Å²) in [7, 11) is 0. The van der Waals surface area contributed by atoms with Crippen molar-refractivity contribution in [2.45, 2.75) is 66.0 Å². The van der Waals surface area contributed by atoms with Crippen molar-refractivity contribution in [2.75, 3.05) is 31.5 Å². The molecule has 8 heteroatoms. The van der Waals surface area contributed by atoms with Gasteiger partial charge in [-0.25, -0.2) is 4.98 Å². The van der Waals surface area contributed by atoms with Crippen LogP contribution in [-0.2, 0) is 11.3 Å². The molecule has 0 radical (unpaired) electrons. The van der Waals surface area contributed by atoms with Gasteiger partial charge in [-0.05, 0) is 94.3 Å². The first kappa shape index (κ1) is 27.1. The molecule has 1 aromatic carbocycles. The highest BCUT2D eigenvalue weighted by atomic mass is 16.2. The minimum Gasteiger partial charge on any atom is -0.337 e. The second-order valence-electron chi connectivity index (χ2n) is 11.3. The third-order valence-electron chi connectivity index (χ3n) is 7.97. The van der Waals surface area contributed by atoms with Crippen LogP contribution in [0.25, 0.3) is 11.0 Å². The van der Waals surface area contributed by atoms with E-state index in [1.807, 2.05) is 18.7 Å². The van der Waals surface area contributed by atoms with Gasteiger partial charge in [-0.15, -0.1) is 0 Å². The lowest BCUT2D eigenvalue weighted by molar-refractivity contribution is -0.126. The van der Waals surface area contributed by atoms with Gasteiger partial charge in [0, 0.05) is 43.6 Å². The third kappa shape index (κ3) is 6.06. The summed E-state index contributed by atoms with van der Waals surface area (Å²) in [6, 6.07) is 7.95. The summed E-state index contributed by atoms with van der Waals surface area (Å²) in [5.74, 6) is 1.09. The zero-order valence-corrected chi connectivity index (χ0v) is 23.6. The molecule has 2 saturated heterocycles. The number of imidazole rings is 1. The highest BCUT2D eigenvalue weighted by molar-refractivity contribution is 6.04. The van der Waals surface area contributed by atoms with Crippen molar-refractivity contribution in [3.8, 4) is 0 Å². The third-order valence-corrected chi connectivity index (χ3v) is 7.97. The molecule has 2 aromatic heterocycles. The number of rotatable bonds is 6. The monoisotopic (exact) mass is 528 g/mol. The standard InChI is InChI=1S/C31H40N6O2/c1-5-8-28(38)36-13-7-6-9-26(20-36)37-29-22(3)15-24(19-35-14-11-21(2)18-35)17-27(29)33-31(37)34-30(39)25-10-12-32-23(4)16-25/h5,8,10,12,15-17,21,26H,6-7,9,11,13-14,18-20H2,1-4H3,(H,33,34,39)/b8-5+/t21-,26-/m1/s1. The fourth-order valence-corrected chi connectivity index (χ4v) is 6.11. The van der Waals surface area contributed by atoms with E-state index < -0.39 is 0 Å². The van der Waals surface area contributed by atoms with Gasteiger partial charge in [0.2, 0.25) is 11.9 Å². The van der Waals surface area contributed by atoms with Crippen molar-refractivity contribution in [1.82, 2.24) is 24.3 Å². The average molecular weight is 529 g/mol. The lowest BCUT2D eigenvalue weighted by Gasteiger charge is -2.26. The Bertz CT molecular complexity index is 1390. The molecule has 8 nitrogen and oxygen atoms in total. The summed E-state index contributed by atoms with van der Waals surface area (Å²) in [6.45, 7) is 12.7. The van der Waals surface area contributed by atoms with Crippen molar-refractivity contribution in [3.05, 3.63) is 65.0 Å². The van der Waals surface area contributed by atoms with Crippen molar-refractivity contribution in [1.29, 1.82) is 0 Å². The first-order valence-electron chi connectivity index (χ1n) is 14.2. The van der Waals surface area contributed by atoms with E-state index in [0.29, 0.717) is 18.1 Å². The number of nitrogens with one attached hydrogen (secondary N) is 1. The topological polar surface area (TPSA) is 83.4 Å². The zero-order chi connectivity index (χ0) is 27.5. The van der Waals surface area contributed by atoms with E-state index in [9.17, 15) is 9.59 Å². The maximum absolute atomic E-state index is 13.3. The Kier molecular flexibility index (Phi) is 8.12. The van der Waals surface area contributed by atoms with Crippen LogP contribution in [-0.4, -0.2) is 62.3 Å². The lowest BCUT2D eigenvalue weighted by Crippen LogP contribution is -2.34. The summed E-state index contributed by atoms with van der Waals surface area (Å²) >= 11 is 0. The van der Waals surface area contributed by atoms with Crippen LogP contribution < -0.4 is 5.32 Å². The Labute approximate surface area is 231 Å². The maximum Gasteiger partial charge on any atom is 0.258 e. The number of pyridine rings is 1. The Morgan fingerprint density at radius 1 is 1.10 bits per heavy atom. The fourth-order valence-electron chi connectivity index (χ4n) is 6.11.